The average molecular weight is 434 g/mol. The molecule has 1 heterocycles. The van der Waals surface area contributed by atoms with Crippen molar-refractivity contribution in [3.05, 3.63) is 83.2 Å². The number of aromatic nitrogens is 2. The molecule has 0 radical (unpaired) electrons. The number of rotatable bonds is 8. The summed E-state index contributed by atoms with van der Waals surface area (Å²) in [5.41, 5.74) is 4.30. The zero-order valence-electron chi connectivity index (χ0n) is 18.7. The summed E-state index contributed by atoms with van der Waals surface area (Å²) >= 11 is 0. The van der Waals surface area contributed by atoms with Gasteiger partial charge in [-0.2, -0.15) is 5.10 Å². The molecule has 2 aromatic carbocycles. The average Bonchev–Trinajstić information content (AvgIpc) is 3.09. The number of methoxy groups -OCH3 is 1. The predicted octanol–water partition coefficient (Wildman–Crippen LogP) is 3.76. The summed E-state index contributed by atoms with van der Waals surface area (Å²) in [5, 5.41) is 7.31. The molecule has 1 aromatic heterocycles. The molecule has 0 spiro atoms. The number of nitrogens with one attached hydrogen (secondary N) is 1. The summed E-state index contributed by atoms with van der Waals surface area (Å²) in [6.45, 7) is 5.63. The van der Waals surface area contributed by atoms with Crippen molar-refractivity contribution in [3.63, 3.8) is 0 Å². The van der Waals surface area contributed by atoms with Gasteiger partial charge in [0.1, 0.15) is 5.75 Å². The number of para-hydroxylation sites is 2. The first-order chi connectivity index (χ1) is 15.4. The number of ether oxygens (including phenoxy) is 2. The molecule has 1 atom stereocenters. The fraction of sp³-hybridized carbons (Fsp3) is 0.240. The van der Waals surface area contributed by atoms with Crippen LogP contribution in [0.3, 0.4) is 0 Å². The standard InChI is InChI=1S/C25H27N3O4/c1-17-22(18(2)28(27-17)21-11-6-5-7-12-21)14-15-24(29)32-19(3)25(30)26-16-20-10-8-9-13-23(20)31-4/h5-15,19H,16H2,1-4H3,(H,26,30)/b15-14+. The summed E-state index contributed by atoms with van der Waals surface area (Å²) in [6, 6.07) is 17.2. The molecule has 1 N–H and O–H groups in total. The van der Waals surface area contributed by atoms with Crippen LogP contribution in [-0.2, 0) is 20.9 Å². The van der Waals surface area contributed by atoms with Crippen LogP contribution in [-0.4, -0.2) is 34.9 Å². The number of aryl methyl sites for hydroxylation is 1. The first kappa shape index (κ1) is 22.8. The van der Waals surface area contributed by atoms with Crippen LogP contribution in [0.5, 0.6) is 5.75 Å². The Morgan fingerprint density at radius 1 is 1.09 bits per heavy atom. The van der Waals surface area contributed by atoms with Gasteiger partial charge in [0.25, 0.3) is 5.91 Å². The van der Waals surface area contributed by atoms with E-state index in [4.69, 9.17) is 9.47 Å². The summed E-state index contributed by atoms with van der Waals surface area (Å²) in [7, 11) is 1.57. The minimum atomic E-state index is -0.934. The third-order valence-corrected chi connectivity index (χ3v) is 5.04. The van der Waals surface area contributed by atoms with Crippen LogP contribution in [0.2, 0.25) is 0 Å². The second kappa shape index (κ2) is 10.4. The maximum Gasteiger partial charge on any atom is 0.331 e. The van der Waals surface area contributed by atoms with E-state index in [1.54, 1.807) is 13.2 Å². The summed E-state index contributed by atoms with van der Waals surface area (Å²) in [6.07, 6.45) is 2.05. The van der Waals surface area contributed by atoms with E-state index in [9.17, 15) is 9.59 Å². The summed E-state index contributed by atoms with van der Waals surface area (Å²) in [5.74, 6) is -0.305. The SMILES string of the molecule is COc1ccccc1CNC(=O)C(C)OC(=O)/C=C/c1c(C)nn(-c2ccccc2)c1C. The van der Waals surface area contributed by atoms with Crippen molar-refractivity contribution in [1.82, 2.24) is 15.1 Å². The Bertz CT molecular complexity index is 1120. The highest BCUT2D eigenvalue weighted by atomic mass is 16.5. The van der Waals surface area contributed by atoms with Gasteiger partial charge >= 0.3 is 5.97 Å². The lowest BCUT2D eigenvalue weighted by Crippen LogP contribution is -2.35. The summed E-state index contributed by atoms with van der Waals surface area (Å²) < 4.78 is 12.4. The van der Waals surface area contributed by atoms with Gasteiger partial charge in [-0.25, -0.2) is 9.48 Å². The second-order valence-electron chi connectivity index (χ2n) is 7.27. The lowest BCUT2D eigenvalue weighted by atomic mass is 10.2. The third kappa shape index (κ3) is 5.43. The Labute approximate surface area is 187 Å². The van der Waals surface area contributed by atoms with Crippen LogP contribution >= 0.6 is 0 Å². The van der Waals surface area contributed by atoms with Gasteiger partial charge in [-0.3, -0.25) is 4.79 Å². The van der Waals surface area contributed by atoms with E-state index >= 15 is 0 Å². The number of benzene rings is 2. The fourth-order valence-corrected chi connectivity index (χ4v) is 3.31. The number of hydrogen-bond acceptors (Lipinski definition) is 5. The van der Waals surface area contributed by atoms with E-state index in [0.717, 1.165) is 28.2 Å². The Morgan fingerprint density at radius 3 is 2.50 bits per heavy atom. The minimum absolute atomic E-state index is 0.275. The molecule has 32 heavy (non-hydrogen) atoms. The second-order valence-corrected chi connectivity index (χ2v) is 7.27. The molecular formula is C25H27N3O4. The van der Waals surface area contributed by atoms with Crippen molar-refractivity contribution in [1.29, 1.82) is 0 Å². The Balaban J connectivity index is 1.59. The van der Waals surface area contributed by atoms with Crippen molar-refractivity contribution in [2.45, 2.75) is 33.4 Å². The van der Waals surface area contributed by atoms with Gasteiger partial charge in [0.2, 0.25) is 0 Å². The van der Waals surface area contributed by atoms with Crippen LogP contribution in [0.15, 0.2) is 60.7 Å². The maximum atomic E-state index is 12.3. The smallest absolute Gasteiger partial charge is 0.331 e. The van der Waals surface area contributed by atoms with Crippen LogP contribution < -0.4 is 10.1 Å². The van der Waals surface area contributed by atoms with Crippen LogP contribution in [0, 0.1) is 13.8 Å². The minimum Gasteiger partial charge on any atom is -0.496 e. The highest BCUT2D eigenvalue weighted by Gasteiger charge is 2.17. The predicted molar refractivity (Wildman–Crippen MR) is 122 cm³/mol. The molecule has 1 amide bonds. The zero-order valence-corrected chi connectivity index (χ0v) is 18.7. The van der Waals surface area contributed by atoms with E-state index in [0.29, 0.717) is 5.75 Å². The number of carbonyl (C=O) groups excluding carboxylic acids is 2. The van der Waals surface area contributed by atoms with Gasteiger partial charge in [0.05, 0.1) is 18.5 Å². The molecule has 0 saturated heterocycles. The Kier molecular flexibility index (Phi) is 7.44. The molecule has 3 aromatic rings. The van der Waals surface area contributed by atoms with E-state index in [2.05, 4.69) is 10.4 Å². The number of amides is 1. The van der Waals surface area contributed by atoms with Crippen molar-refractivity contribution in [2.75, 3.05) is 7.11 Å². The summed E-state index contributed by atoms with van der Waals surface area (Å²) in [4.78, 5) is 24.6. The molecular weight excluding hydrogens is 406 g/mol. The Hall–Kier alpha value is -3.87. The van der Waals surface area contributed by atoms with Gasteiger partial charge in [-0.15, -0.1) is 0 Å². The monoisotopic (exact) mass is 433 g/mol. The van der Waals surface area contributed by atoms with Crippen LogP contribution in [0.1, 0.15) is 29.4 Å². The molecule has 3 rings (SSSR count). The van der Waals surface area contributed by atoms with Gasteiger partial charge in [-0.1, -0.05) is 36.4 Å². The van der Waals surface area contributed by atoms with Crippen molar-refractivity contribution >= 4 is 18.0 Å². The van der Waals surface area contributed by atoms with Gasteiger partial charge < -0.3 is 14.8 Å². The normalized spacial score (nSPS) is 11.9. The molecule has 0 bridgehead atoms. The molecule has 0 fully saturated rings. The highest BCUT2D eigenvalue weighted by Crippen LogP contribution is 2.19. The van der Waals surface area contributed by atoms with Crippen LogP contribution in [0.4, 0.5) is 0 Å². The molecule has 7 heteroatoms. The number of esters is 1. The van der Waals surface area contributed by atoms with Crippen LogP contribution in [0.25, 0.3) is 11.8 Å². The van der Waals surface area contributed by atoms with Crippen molar-refractivity contribution in [2.24, 2.45) is 0 Å². The van der Waals surface area contributed by atoms with Gasteiger partial charge in [0, 0.05) is 29.4 Å². The van der Waals surface area contributed by atoms with E-state index < -0.39 is 12.1 Å². The number of hydrogen-bond donors (Lipinski definition) is 1. The maximum absolute atomic E-state index is 12.3. The molecule has 7 nitrogen and oxygen atoms in total. The topological polar surface area (TPSA) is 82.4 Å². The lowest BCUT2D eigenvalue weighted by molar-refractivity contribution is -0.150. The first-order valence-corrected chi connectivity index (χ1v) is 10.3. The molecule has 0 aliphatic carbocycles. The Morgan fingerprint density at radius 2 is 1.78 bits per heavy atom. The zero-order chi connectivity index (χ0) is 23.1. The molecule has 166 valence electrons. The van der Waals surface area contributed by atoms with Gasteiger partial charge in [0.15, 0.2) is 6.10 Å². The van der Waals surface area contributed by atoms with Gasteiger partial charge in [-0.05, 0) is 45.0 Å². The molecule has 0 aliphatic heterocycles. The van der Waals surface area contributed by atoms with Crippen molar-refractivity contribution < 1.29 is 19.1 Å². The number of carbonyl (C=O) groups is 2. The van der Waals surface area contributed by atoms with E-state index in [1.165, 1.54) is 13.0 Å². The lowest BCUT2D eigenvalue weighted by Gasteiger charge is -2.13. The highest BCUT2D eigenvalue weighted by molar-refractivity contribution is 5.90. The number of nitrogens with zero attached hydrogens (tertiary/aromatic N) is 2. The van der Waals surface area contributed by atoms with E-state index in [-0.39, 0.29) is 12.5 Å². The fourth-order valence-electron chi connectivity index (χ4n) is 3.31. The molecule has 0 saturated carbocycles. The van der Waals surface area contributed by atoms with Crippen molar-refractivity contribution in [3.8, 4) is 11.4 Å². The molecule has 0 aliphatic rings. The quantitative estimate of drug-likeness (QED) is 0.432. The van der Waals surface area contributed by atoms with E-state index in [1.807, 2.05) is 73.1 Å². The third-order valence-electron chi connectivity index (χ3n) is 5.04. The largest absolute Gasteiger partial charge is 0.496 e. The first-order valence-electron chi connectivity index (χ1n) is 10.3. The molecule has 1 unspecified atom stereocenters.